The second-order valence-electron chi connectivity index (χ2n) is 6.37. The van der Waals surface area contributed by atoms with Crippen LogP contribution in [-0.2, 0) is 0 Å². The number of hydrogen-bond acceptors (Lipinski definition) is 5. The van der Waals surface area contributed by atoms with Crippen molar-refractivity contribution in [1.29, 1.82) is 0 Å². The fraction of sp³-hybridized carbons (Fsp3) is 0.174. The highest BCUT2D eigenvalue weighted by Crippen LogP contribution is 2.27. The van der Waals surface area contributed by atoms with Crippen LogP contribution in [0.3, 0.4) is 0 Å². The summed E-state index contributed by atoms with van der Waals surface area (Å²) in [4.78, 5) is 16.1. The summed E-state index contributed by atoms with van der Waals surface area (Å²) in [5.41, 5.74) is 1.83. The predicted molar refractivity (Wildman–Crippen MR) is 113 cm³/mol. The number of ether oxygens (including phenoxy) is 1. The topological polar surface area (TPSA) is 51.1 Å². The van der Waals surface area contributed by atoms with E-state index in [9.17, 15) is 0 Å². The van der Waals surface area contributed by atoms with Crippen LogP contribution in [0.2, 0.25) is 0 Å². The molecule has 0 amide bonds. The number of anilines is 1. The van der Waals surface area contributed by atoms with E-state index < -0.39 is 0 Å². The molecule has 0 N–H and O–H groups in total. The van der Waals surface area contributed by atoms with Crippen LogP contribution < -0.4 is 9.64 Å². The van der Waals surface area contributed by atoms with Gasteiger partial charge in [-0.3, -0.25) is 4.98 Å². The summed E-state index contributed by atoms with van der Waals surface area (Å²) in [7, 11) is 0. The fourth-order valence-electron chi connectivity index (χ4n) is 3.13. The Morgan fingerprint density at radius 1 is 0.893 bits per heavy atom. The van der Waals surface area contributed by atoms with Crippen LogP contribution in [0.4, 0.5) is 5.82 Å². The Morgan fingerprint density at radius 3 is 2.50 bits per heavy atom. The smallest absolute Gasteiger partial charge is 0.163 e. The number of benzene rings is 2. The van der Waals surface area contributed by atoms with Gasteiger partial charge in [-0.15, -0.1) is 0 Å². The van der Waals surface area contributed by atoms with E-state index in [1.807, 2.05) is 60.7 Å². The normalized spacial score (nSPS) is 10.8. The van der Waals surface area contributed by atoms with Gasteiger partial charge < -0.3 is 9.64 Å². The van der Waals surface area contributed by atoms with Crippen molar-refractivity contribution in [2.75, 3.05) is 24.6 Å². The summed E-state index contributed by atoms with van der Waals surface area (Å²) < 4.78 is 5.89. The quantitative estimate of drug-likeness (QED) is 0.476. The maximum absolute atomic E-state index is 5.89. The SMILES string of the molecule is CCN(CCOc1ccccc1)c1nc(-c2cccnc2)nc2ccccc12. The first-order chi connectivity index (χ1) is 13.8. The van der Waals surface area contributed by atoms with Crippen LogP contribution in [0.25, 0.3) is 22.3 Å². The zero-order valence-corrected chi connectivity index (χ0v) is 15.8. The minimum absolute atomic E-state index is 0.582. The van der Waals surface area contributed by atoms with Crippen LogP contribution in [0.1, 0.15) is 6.92 Å². The van der Waals surface area contributed by atoms with E-state index in [-0.39, 0.29) is 0 Å². The van der Waals surface area contributed by atoms with Crippen LogP contribution >= 0.6 is 0 Å². The minimum Gasteiger partial charge on any atom is -0.492 e. The molecular formula is C23H22N4O. The molecule has 4 aromatic rings. The van der Waals surface area contributed by atoms with Gasteiger partial charge in [0.05, 0.1) is 12.1 Å². The average molecular weight is 370 g/mol. The van der Waals surface area contributed by atoms with Gasteiger partial charge in [0.1, 0.15) is 18.2 Å². The van der Waals surface area contributed by atoms with Gasteiger partial charge in [-0.2, -0.15) is 0 Å². The molecule has 28 heavy (non-hydrogen) atoms. The second-order valence-corrected chi connectivity index (χ2v) is 6.37. The van der Waals surface area contributed by atoms with Crippen LogP contribution in [0, 0.1) is 0 Å². The highest BCUT2D eigenvalue weighted by Gasteiger charge is 2.14. The molecule has 0 radical (unpaired) electrons. The lowest BCUT2D eigenvalue weighted by atomic mass is 10.2. The molecule has 0 spiro atoms. The molecular weight excluding hydrogens is 348 g/mol. The molecule has 2 heterocycles. The molecule has 0 unspecified atom stereocenters. The van der Waals surface area contributed by atoms with E-state index >= 15 is 0 Å². The second kappa shape index (κ2) is 8.48. The van der Waals surface area contributed by atoms with Crippen molar-refractivity contribution in [3.63, 3.8) is 0 Å². The molecule has 5 heteroatoms. The third-order valence-corrected chi connectivity index (χ3v) is 4.56. The number of para-hydroxylation sites is 2. The van der Waals surface area contributed by atoms with Gasteiger partial charge in [-0.1, -0.05) is 30.3 Å². The summed E-state index contributed by atoms with van der Waals surface area (Å²) in [6.07, 6.45) is 3.55. The average Bonchev–Trinajstić information content (AvgIpc) is 2.77. The number of rotatable bonds is 7. The van der Waals surface area contributed by atoms with Crippen LogP contribution in [0.15, 0.2) is 79.1 Å². The van der Waals surface area contributed by atoms with Gasteiger partial charge in [-0.05, 0) is 43.3 Å². The Morgan fingerprint density at radius 2 is 1.71 bits per heavy atom. The van der Waals surface area contributed by atoms with Gasteiger partial charge >= 0.3 is 0 Å². The van der Waals surface area contributed by atoms with Crippen molar-refractivity contribution >= 4 is 16.7 Å². The van der Waals surface area contributed by atoms with Crippen molar-refractivity contribution in [3.8, 4) is 17.1 Å². The lowest BCUT2D eigenvalue weighted by molar-refractivity contribution is 0.324. The summed E-state index contributed by atoms with van der Waals surface area (Å²) in [5, 5.41) is 1.04. The molecule has 4 rings (SSSR count). The largest absolute Gasteiger partial charge is 0.492 e. The Labute approximate surface area is 164 Å². The van der Waals surface area contributed by atoms with Gasteiger partial charge in [0.15, 0.2) is 5.82 Å². The monoisotopic (exact) mass is 370 g/mol. The zero-order chi connectivity index (χ0) is 19.2. The minimum atomic E-state index is 0.582. The summed E-state index contributed by atoms with van der Waals surface area (Å²) in [5.74, 6) is 2.48. The van der Waals surface area contributed by atoms with Crippen molar-refractivity contribution in [2.45, 2.75) is 6.92 Å². The van der Waals surface area contributed by atoms with E-state index in [0.717, 1.165) is 41.1 Å². The van der Waals surface area contributed by atoms with Crippen LogP contribution in [-0.4, -0.2) is 34.6 Å². The number of nitrogens with zero attached hydrogens (tertiary/aromatic N) is 4. The Kier molecular flexibility index (Phi) is 5.43. The highest BCUT2D eigenvalue weighted by atomic mass is 16.5. The summed E-state index contributed by atoms with van der Waals surface area (Å²) in [6, 6.07) is 21.9. The van der Waals surface area contributed by atoms with Crippen molar-refractivity contribution in [3.05, 3.63) is 79.1 Å². The van der Waals surface area contributed by atoms with Gasteiger partial charge in [0, 0.05) is 29.9 Å². The Balaban J connectivity index is 1.65. The first kappa shape index (κ1) is 17.9. The van der Waals surface area contributed by atoms with E-state index in [1.54, 1.807) is 12.4 Å². The molecule has 0 aliphatic rings. The van der Waals surface area contributed by atoms with E-state index in [4.69, 9.17) is 14.7 Å². The van der Waals surface area contributed by atoms with Gasteiger partial charge in [0.2, 0.25) is 0 Å². The molecule has 0 atom stereocenters. The molecule has 0 bridgehead atoms. The van der Waals surface area contributed by atoms with E-state index in [1.165, 1.54) is 0 Å². The van der Waals surface area contributed by atoms with Gasteiger partial charge in [-0.25, -0.2) is 9.97 Å². The van der Waals surface area contributed by atoms with Crippen LogP contribution in [0.5, 0.6) is 5.75 Å². The van der Waals surface area contributed by atoms with E-state index in [0.29, 0.717) is 12.4 Å². The molecule has 2 aromatic heterocycles. The fourth-order valence-corrected chi connectivity index (χ4v) is 3.13. The highest BCUT2D eigenvalue weighted by molar-refractivity contribution is 5.91. The number of hydrogen-bond donors (Lipinski definition) is 0. The molecule has 0 saturated carbocycles. The lowest BCUT2D eigenvalue weighted by Gasteiger charge is -2.24. The van der Waals surface area contributed by atoms with Crippen molar-refractivity contribution in [2.24, 2.45) is 0 Å². The molecule has 0 fully saturated rings. The first-order valence-electron chi connectivity index (χ1n) is 9.45. The Bertz CT molecular complexity index is 1040. The maximum atomic E-state index is 5.89. The summed E-state index contributed by atoms with van der Waals surface area (Å²) >= 11 is 0. The number of fused-ring (bicyclic) bond motifs is 1. The predicted octanol–water partition coefficient (Wildman–Crippen LogP) is 4.60. The molecule has 2 aromatic carbocycles. The number of likely N-dealkylation sites (N-methyl/N-ethyl adjacent to an activating group) is 1. The van der Waals surface area contributed by atoms with E-state index in [2.05, 4.69) is 22.9 Å². The zero-order valence-electron chi connectivity index (χ0n) is 15.8. The molecule has 0 saturated heterocycles. The first-order valence-corrected chi connectivity index (χ1v) is 9.45. The van der Waals surface area contributed by atoms with Crippen molar-refractivity contribution < 1.29 is 4.74 Å². The molecule has 0 aliphatic carbocycles. The van der Waals surface area contributed by atoms with Gasteiger partial charge in [0.25, 0.3) is 0 Å². The summed E-state index contributed by atoms with van der Waals surface area (Å²) in [6.45, 7) is 4.27. The third kappa shape index (κ3) is 3.93. The maximum Gasteiger partial charge on any atom is 0.163 e. The third-order valence-electron chi connectivity index (χ3n) is 4.56. The molecule has 5 nitrogen and oxygen atoms in total. The number of aromatic nitrogens is 3. The van der Waals surface area contributed by atoms with Crippen molar-refractivity contribution in [1.82, 2.24) is 15.0 Å². The standard InChI is InChI=1S/C23H22N4O/c1-2-27(15-16-28-19-10-4-3-5-11-19)23-20-12-6-7-13-21(20)25-22(26-23)18-9-8-14-24-17-18/h3-14,17H,2,15-16H2,1H3. The lowest BCUT2D eigenvalue weighted by Crippen LogP contribution is -2.29. The Hall–Kier alpha value is -3.47. The number of pyridine rings is 1. The molecule has 140 valence electrons. The molecule has 0 aliphatic heterocycles.